The predicted molar refractivity (Wildman–Crippen MR) is 79.8 cm³/mol. The Morgan fingerprint density at radius 2 is 2.05 bits per heavy atom. The van der Waals surface area contributed by atoms with Gasteiger partial charge in [0.2, 0.25) is 0 Å². The molecule has 0 saturated carbocycles. The Kier molecular flexibility index (Phi) is 6.56. The van der Waals surface area contributed by atoms with Gasteiger partial charge in [-0.15, -0.1) is 0 Å². The maximum absolute atomic E-state index is 9.22. The fourth-order valence-electron chi connectivity index (χ4n) is 2.09. The Morgan fingerprint density at radius 1 is 1.32 bits per heavy atom. The van der Waals surface area contributed by atoms with Crippen molar-refractivity contribution in [3.05, 3.63) is 11.9 Å². The Hall–Kier alpha value is -1.36. The summed E-state index contributed by atoms with van der Waals surface area (Å²) in [5.74, 6) is 1.85. The Labute approximate surface area is 116 Å². The Morgan fingerprint density at radius 3 is 2.58 bits per heavy atom. The normalized spacial score (nSPS) is 10.8. The molecule has 2 N–H and O–H groups in total. The van der Waals surface area contributed by atoms with E-state index in [1.807, 2.05) is 0 Å². The largest absolute Gasteiger partial charge is 0.395 e. The van der Waals surface area contributed by atoms with Crippen LogP contribution in [-0.2, 0) is 6.42 Å². The first-order valence-corrected chi connectivity index (χ1v) is 7.10. The zero-order valence-electron chi connectivity index (χ0n) is 12.5. The van der Waals surface area contributed by atoms with Crippen molar-refractivity contribution in [2.24, 2.45) is 0 Å². The molecule has 0 amide bonds. The van der Waals surface area contributed by atoms with E-state index < -0.39 is 0 Å². The minimum absolute atomic E-state index is 0.128. The van der Waals surface area contributed by atoms with Crippen LogP contribution >= 0.6 is 0 Å². The second-order valence-corrected chi connectivity index (χ2v) is 4.82. The summed E-state index contributed by atoms with van der Waals surface area (Å²) in [5, 5.41) is 12.6. The molecule has 0 aromatic carbocycles. The zero-order valence-corrected chi connectivity index (χ0v) is 12.5. The monoisotopic (exact) mass is 266 g/mol. The van der Waals surface area contributed by atoms with E-state index in [4.69, 9.17) is 0 Å². The van der Waals surface area contributed by atoms with Crippen molar-refractivity contribution < 1.29 is 5.11 Å². The summed E-state index contributed by atoms with van der Waals surface area (Å²) in [6.45, 7) is 10.1. The minimum Gasteiger partial charge on any atom is -0.395 e. The number of hydrogen-bond acceptors (Lipinski definition) is 5. The third-order valence-electron chi connectivity index (χ3n) is 3.05. The lowest BCUT2D eigenvalue weighted by Crippen LogP contribution is -2.35. The van der Waals surface area contributed by atoms with Crippen molar-refractivity contribution in [1.29, 1.82) is 0 Å². The molecule has 1 aromatic heterocycles. The van der Waals surface area contributed by atoms with Gasteiger partial charge < -0.3 is 15.3 Å². The first kappa shape index (κ1) is 15.7. The predicted octanol–water partition coefficient (Wildman–Crippen LogP) is 2.07. The zero-order chi connectivity index (χ0) is 14.3. The highest BCUT2D eigenvalue weighted by atomic mass is 16.3. The van der Waals surface area contributed by atoms with Crippen molar-refractivity contribution in [1.82, 2.24) is 9.97 Å². The summed E-state index contributed by atoms with van der Waals surface area (Å²) in [4.78, 5) is 10.9. The molecule has 0 radical (unpaired) electrons. The van der Waals surface area contributed by atoms with Crippen molar-refractivity contribution >= 4 is 11.6 Å². The van der Waals surface area contributed by atoms with E-state index in [1.165, 1.54) is 0 Å². The quantitative estimate of drug-likeness (QED) is 0.754. The van der Waals surface area contributed by atoms with Crippen LogP contribution in [0.15, 0.2) is 6.33 Å². The van der Waals surface area contributed by atoms with Gasteiger partial charge in [-0.25, -0.2) is 9.97 Å². The van der Waals surface area contributed by atoms with Crippen LogP contribution < -0.4 is 10.2 Å². The fraction of sp³-hybridized carbons (Fsp3) is 0.714. The van der Waals surface area contributed by atoms with E-state index in [0.717, 1.165) is 36.6 Å². The molecule has 0 aliphatic rings. The van der Waals surface area contributed by atoms with Gasteiger partial charge in [0.1, 0.15) is 18.0 Å². The standard InChI is InChI=1S/C14H26N4O/c1-5-7-15-13-12(6-2)14(17-10-16-13)18(8-9-19)11(3)4/h10-11,19H,5-9H2,1-4H3,(H,15,16,17). The summed E-state index contributed by atoms with van der Waals surface area (Å²) in [5.41, 5.74) is 1.12. The second kappa shape index (κ2) is 7.94. The fourth-order valence-corrected chi connectivity index (χ4v) is 2.09. The minimum atomic E-state index is 0.128. The molecule has 0 spiro atoms. The van der Waals surface area contributed by atoms with Gasteiger partial charge in [0, 0.05) is 24.7 Å². The molecule has 5 heteroatoms. The van der Waals surface area contributed by atoms with Crippen LogP contribution in [0.1, 0.15) is 39.7 Å². The van der Waals surface area contributed by atoms with Gasteiger partial charge >= 0.3 is 0 Å². The number of hydrogen-bond donors (Lipinski definition) is 2. The molecule has 1 heterocycles. The summed E-state index contributed by atoms with van der Waals surface area (Å²) < 4.78 is 0. The molecular weight excluding hydrogens is 240 g/mol. The SMILES string of the molecule is CCCNc1ncnc(N(CCO)C(C)C)c1CC. The number of nitrogens with zero attached hydrogens (tertiary/aromatic N) is 3. The van der Waals surface area contributed by atoms with Gasteiger partial charge in [-0.1, -0.05) is 13.8 Å². The highest BCUT2D eigenvalue weighted by molar-refractivity contribution is 5.59. The van der Waals surface area contributed by atoms with Crippen molar-refractivity contribution in [3.63, 3.8) is 0 Å². The van der Waals surface area contributed by atoms with Crippen LogP contribution in [0.5, 0.6) is 0 Å². The molecule has 1 aromatic rings. The molecule has 0 saturated heterocycles. The third-order valence-corrected chi connectivity index (χ3v) is 3.05. The molecule has 0 aliphatic carbocycles. The second-order valence-electron chi connectivity index (χ2n) is 4.82. The summed E-state index contributed by atoms with van der Waals surface area (Å²) in [6, 6.07) is 0.298. The van der Waals surface area contributed by atoms with E-state index in [0.29, 0.717) is 12.6 Å². The average molecular weight is 266 g/mol. The van der Waals surface area contributed by atoms with Gasteiger partial charge in [-0.05, 0) is 26.7 Å². The number of rotatable bonds is 8. The Bertz CT molecular complexity index is 382. The van der Waals surface area contributed by atoms with E-state index in [1.54, 1.807) is 6.33 Å². The maximum atomic E-state index is 9.22. The lowest BCUT2D eigenvalue weighted by Gasteiger charge is -2.29. The number of aliphatic hydroxyl groups excluding tert-OH is 1. The number of nitrogens with one attached hydrogen (secondary N) is 1. The molecule has 1 rings (SSSR count). The number of aromatic nitrogens is 2. The van der Waals surface area contributed by atoms with Gasteiger partial charge in [0.05, 0.1) is 6.61 Å². The summed E-state index contributed by atoms with van der Waals surface area (Å²) in [7, 11) is 0. The van der Waals surface area contributed by atoms with E-state index >= 15 is 0 Å². The lowest BCUT2D eigenvalue weighted by atomic mass is 10.1. The first-order valence-electron chi connectivity index (χ1n) is 7.10. The summed E-state index contributed by atoms with van der Waals surface area (Å²) in [6.07, 6.45) is 3.53. The Balaban J connectivity index is 3.10. The lowest BCUT2D eigenvalue weighted by molar-refractivity contribution is 0.298. The molecule has 0 atom stereocenters. The van der Waals surface area contributed by atoms with Gasteiger partial charge in [-0.3, -0.25) is 0 Å². The highest BCUT2D eigenvalue weighted by Gasteiger charge is 2.17. The van der Waals surface area contributed by atoms with Crippen LogP contribution in [0, 0.1) is 0 Å². The van der Waals surface area contributed by atoms with Crippen LogP contribution in [0.3, 0.4) is 0 Å². The molecule has 19 heavy (non-hydrogen) atoms. The van der Waals surface area contributed by atoms with Crippen molar-refractivity contribution in [2.45, 2.75) is 46.6 Å². The van der Waals surface area contributed by atoms with Crippen LogP contribution in [-0.4, -0.2) is 40.8 Å². The molecule has 5 nitrogen and oxygen atoms in total. The van der Waals surface area contributed by atoms with Gasteiger partial charge in [0.15, 0.2) is 0 Å². The smallest absolute Gasteiger partial charge is 0.137 e. The summed E-state index contributed by atoms with van der Waals surface area (Å²) >= 11 is 0. The van der Waals surface area contributed by atoms with Gasteiger partial charge in [0.25, 0.3) is 0 Å². The average Bonchev–Trinajstić information content (AvgIpc) is 2.41. The molecule has 108 valence electrons. The first-order chi connectivity index (χ1) is 9.15. The molecule has 0 unspecified atom stereocenters. The molecular formula is C14H26N4O. The van der Waals surface area contributed by atoms with E-state index in [9.17, 15) is 5.11 Å². The van der Waals surface area contributed by atoms with Gasteiger partial charge in [-0.2, -0.15) is 0 Å². The van der Waals surface area contributed by atoms with Crippen molar-refractivity contribution in [3.8, 4) is 0 Å². The molecule has 0 bridgehead atoms. The topological polar surface area (TPSA) is 61.3 Å². The van der Waals surface area contributed by atoms with Crippen molar-refractivity contribution in [2.75, 3.05) is 29.9 Å². The van der Waals surface area contributed by atoms with E-state index in [-0.39, 0.29) is 6.61 Å². The van der Waals surface area contributed by atoms with Crippen LogP contribution in [0.25, 0.3) is 0 Å². The maximum Gasteiger partial charge on any atom is 0.137 e. The van der Waals surface area contributed by atoms with Crippen LogP contribution in [0.2, 0.25) is 0 Å². The van der Waals surface area contributed by atoms with E-state index in [2.05, 4.69) is 47.9 Å². The molecule has 0 fully saturated rings. The van der Waals surface area contributed by atoms with Crippen LogP contribution in [0.4, 0.5) is 11.6 Å². The molecule has 0 aliphatic heterocycles. The number of aliphatic hydroxyl groups is 1. The highest BCUT2D eigenvalue weighted by Crippen LogP contribution is 2.25. The third kappa shape index (κ3) is 4.06. The number of anilines is 2.